The van der Waals surface area contributed by atoms with E-state index in [1.165, 1.54) is 29.7 Å². The van der Waals surface area contributed by atoms with Crippen LogP contribution in [0.5, 0.6) is 0 Å². The summed E-state index contributed by atoms with van der Waals surface area (Å²) in [4.78, 5) is 2.36. The maximum Gasteiger partial charge on any atom is 0.0366 e. The zero-order chi connectivity index (χ0) is 14.3. The summed E-state index contributed by atoms with van der Waals surface area (Å²) in [5.41, 5.74) is 4.13. The summed E-state index contributed by atoms with van der Waals surface area (Å²) in [5.74, 6) is 0.765. The molecule has 0 amide bonds. The molecule has 2 nitrogen and oxygen atoms in total. The van der Waals surface area contributed by atoms with Crippen molar-refractivity contribution in [1.29, 1.82) is 0 Å². The standard InChI is InChI=1S/C17H30N2/c1-6-10-18-13-16-7-8-17(12-15(16)4)19(5)11-9-14(2)3/h7-8,12,14,18H,6,9-11,13H2,1-5H3. The van der Waals surface area contributed by atoms with Gasteiger partial charge in [-0.1, -0.05) is 26.8 Å². The second kappa shape index (κ2) is 8.21. The summed E-state index contributed by atoms with van der Waals surface area (Å²) in [6.07, 6.45) is 2.43. The van der Waals surface area contributed by atoms with Gasteiger partial charge >= 0.3 is 0 Å². The van der Waals surface area contributed by atoms with Crippen LogP contribution < -0.4 is 10.2 Å². The summed E-state index contributed by atoms with van der Waals surface area (Å²) < 4.78 is 0. The molecule has 2 heteroatoms. The fourth-order valence-electron chi connectivity index (χ4n) is 2.10. The molecule has 0 aliphatic rings. The summed E-state index contributed by atoms with van der Waals surface area (Å²) in [6, 6.07) is 6.82. The number of hydrogen-bond acceptors (Lipinski definition) is 2. The molecular formula is C17H30N2. The van der Waals surface area contributed by atoms with Crippen molar-refractivity contribution < 1.29 is 0 Å². The van der Waals surface area contributed by atoms with Gasteiger partial charge in [-0.05, 0) is 55.5 Å². The largest absolute Gasteiger partial charge is 0.375 e. The molecule has 0 radical (unpaired) electrons. The minimum absolute atomic E-state index is 0.765. The molecule has 0 heterocycles. The normalized spacial score (nSPS) is 11.1. The fourth-order valence-corrected chi connectivity index (χ4v) is 2.10. The van der Waals surface area contributed by atoms with Crippen LogP contribution in [0, 0.1) is 12.8 Å². The molecule has 0 atom stereocenters. The molecule has 0 saturated heterocycles. The van der Waals surface area contributed by atoms with Crippen molar-refractivity contribution in [2.24, 2.45) is 5.92 Å². The van der Waals surface area contributed by atoms with Crippen LogP contribution in [-0.4, -0.2) is 20.1 Å². The predicted octanol–water partition coefficient (Wildman–Crippen LogP) is 3.98. The third-order valence-corrected chi connectivity index (χ3v) is 3.55. The van der Waals surface area contributed by atoms with Crippen LogP contribution in [-0.2, 0) is 6.54 Å². The van der Waals surface area contributed by atoms with Crippen molar-refractivity contribution in [3.63, 3.8) is 0 Å². The molecule has 0 fully saturated rings. The lowest BCUT2D eigenvalue weighted by Crippen LogP contribution is -2.20. The van der Waals surface area contributed by atoms with Crippen LogP contribution in [0.15, 0.2) is 18.2 Å². The Morgan fingerprint density at radius 3 is 2.58 bits per heavy atom. The maximum atomic E-state index is 3.47. The molecule has 0 aliphatic heterocycles. The smallest absolute Gasteiger partial charge is 0.0366 e. The van der Waals surface area contributed by atoms with Crippen LogP contribution in [0.25, 0.3) is 0 Å². The molecule has 0 spiro atoms. The molecule has 1 aromatic carbocycles. The fraction of sp³-hybridized carbons (Fsp3) is 0.647. The van der Waals surface area contributed by atoms with Crippen LogP contribution in [0.3, 0.4) is 0 Å². The number of rotatable bonds is 8. The van der Waals surface area contributed by atoms with E-state index in [0.29, 0.717) is 0 Å². The summed E-state index contributed by atoms with van der Waals surface area (Å²) in [7, 11) is 2.19. The summed E-state index contributed by atoms with van der Waals surface area (Å²) >= 11 is 0. The first-order valence-electron chi connectivity index (χ1n) is 7.56. The van der Waals surface area contributed by atoms with Crippen LogP contribution in [0.2, 0.25) is 0 Å². The quantitative estimate of drug-likeness (QED) is 0.713. The highest BCUT2D eigenvalue weighted by atomic mass is 15.1. The molecule has 108 valence electrons. The van der Waals surface area contributed by atoms with Gasteiger partial charge in [0.05, 0.1) is 0 Å². The van der Waals surface area contributed by atoms with E-state index in [0.717, 1.165) is 25.6 Å². The van der Waals surface area contributed by atoms with E-state index >= 15 is 0 Å². The molecule has 0 saturated carbocycles. The second-order valence-corrected chi connectivity index (χ2v) is 5.89. The average Bonchev–Trinajstić information content (AvgIpc) is 2.38. The Hall–Kier alpha value is -1.02. The van der Waals surface area contributed by atoms with Gasteiger partial charge in [-0.15, -0.1) is 0 Å². The van der Waals surface area contributed by atoms with E-state index in [-0.39, 0.29) is 0 Å². The van der Waals surface area contributed by atoms with Gasteiger partial charge in [-0.3, -0.25) is 0 Å². The summed E-state index contributed by atoms with van der Waals surface area (Å²) in [5, 5.41) is 3.47. The third-order valence-electron chi connectivity index (χ3n) is 3.55. The zero-order valence-electron chi connectivity index (χ0n) is 13.3. The highest BCUT2D eigenvalue weighted by Gasteiger charge is 2.05. The molecule has 1 aromatic rings. The van der Waals surface area contributed by atoms with Crippen molar-refractivity contribution >= 4 is 5.69 Å². The Morgan fingerprint density at radius 2 is 2.00 bits per heavy atom. The van der Waals surface area contributed by atoms with Gasteiger partial charge in [0.2, 0.25) is 0 Å². The first kappa shape index (κ1) is 16.0. The second-order valence-electron chi connectivity index (χ2n) is 5.89. The van der Waals surface area contributed by atoms with Gasteiger partial charge in [-0.2, -0.15) is 0 Å². The molecule has 0 aliphatic carbocycles. The molecule has 0 unspecified atom stereocenters. The van der Waals surface area contributed by atoms with Crippen molar-refractivity contribution in [2.45, 2.75) is 47.1 Å². The van der Waals surface area contributed by atoms with Gasteiger partial charge < -0.3 is 10.2 Å². The molecule has 19 heavy (non-hydrogen) atoms. The van der Waals surface area contributed by atoms with Crippen molar-refractivity contribution in [1.82, 2.24) is 5.32 Å². The Labute approximate surface area is 119 Å². The van der Waals surface area contributed by atoms with Gasteiger partial charge in [0.25, 0.3) is 0 Å². The minimum Gasteiger partial charge on any atom is -0.375 e. The minimum atomic E-state index is 0.765. The molecular weight excluding hydrogens is 232 g/mol. The van der Waals surface area contributed by atoms with Crippen LogP contribution in [0.1, 0.15) is 44.7 Å². The molecule has 0 bridgehead atoms. The van der Waals surface area contributed by atoms with Gasteiger partial charge in [0.1, 0.15) is 0 Å². The van der Waals surface area contributed by atoms with E-state index in [4.69, 9.17) is 0 Å². The lowest BCUT2D eigenvalue weighted by molar-refractivity contribution is 0.585. The lowest BCUT2D eigenvalue weighted by Gasteiger charge is -2.21. The van der Waals surface area contributed by atoms with Crippen LogP contribution in [0.4, 0.5) is 5.69 Å². The van der Waals surface area contributed by atoms with E-state index in [2.05, 4.69) is 63.2 Å². The number of nitrogens with one attached hydrogen (secondary N) is 1. The van der Waals surface area contributed by atoms with Crippen molar-refractivity contribution in [3.8, 4) is 0 Å². The number of benzene rings is 1. The first-order valence-corrected chi connectivity index (χ1v) is 7.56. The molecule has 1 rings (SSSR count). The average molecular weight is 262 g/mol. The first-order chi connectivity index (χ1) is 9.04. The highest BCUT2D eigenvalue weighted by Crippen LogP contribution is 2.19. The topological polar surface area (TPSA) is 15.3 Å². The number of anilines is 1. The Bertz CT molecular complexity index is 372. The SMILES string of the molecule is CCCNCc1ccc(N(C)CCC(C)C)cc1C. The number of nitrogens with zero attached hydrogens (tertiary/aromatic N) is 1. The Balaban J connectivity index is 2.59. The third kappa shape index (κ3) is 5.65. The van der Waals surface area contributed by atoms with Crippen LogP contribution >= 0.6 is 0 Å². The number of aryl methyl sites for hydroxylation is 1. The van der Waals surface area contributed by atoms with E-state index in [1.54, 1.807) is 0 Å². The zero-order valence-corrected chi connectivity index (χ0v) is 13.3. The lowest BCUT2D eigenvalue weighted by atomic mass is 10.1. The monoisotopic (exact) mass is 262 g/mol. The maximum absolute atomic E-state index is 3.47. The Kier molecular flexibility index (Phi) is 6.93. The van der Waals surface area contributed by atoms with Gasteiger partial charge in [-0.25, -0.2) is 0 Å². The van der Waals surface area contributed by atoms with E-state index in [9.17, 15) is 0 Å². The Morgan fingerprint density at radius 1 is 1.26 bits per heavy atom. The van der Waals surface area contributed by atoms with E-state index < -0.39 is 0 Å². The summed E-state index contributed by atoms with van der Waals surface area (Å²) in [6.45, 7) is 12.2. The molecule has 0 aromatic heterocycles. The number of hydrogen-bond donors (Lipinski definition) is 1. The van der Waals surface area contributed by atoms with Crippen molar-refractivity contribution in [2.75, 3.05) is 25.0 Å². The van der Waals surface area contributed by atoms with E-state index in [1.807, 2.05) is 0 Å². The molecule has 1 N–H and O–H groups in total. The van der Waals surface area contributed by atoms with Crippen molar-refractivity contribution in [3.05, 3.63) is 29.3 Å². The highest BCUT2D eigenvalue weighted by molar-refractivity contribution is 5.50. The van der Waals surface area contributed by atoms with Gasteiger partial charge in [0.15, 0.2) is 0 Å². The van der Waals surface area contributed by atoms with Gasteiger partial charge in [0, 0.05) is 25.8 Å². The predicted molar refractivity (Wildman–Crippen MR) is 85.9 cm³/mol.